The maximum Gasteiger partial charge on any atom is 0.201 e. The fourth-order valence-corrected chi connectivity index (χ4v) is 1.09. The van der Waals surface area contributed by atoms with Crippen molar-refractivity contribution in [1.29, 1.82) is 0 Å². The fourth-order valence-electron chi connectivity index (χ4n) is 1.09. The third-order valence-corrected chi connectivity index (χ3v) is 1.72. The van der Waals surface area contributed by atoms with Gasteiger partial charge in [0.15, 0.2) is 17.3 Å². The van der Waals surface area contributed by atoms with E-state index in [1.54, 1.807) is 6.92 Å². The number of rotatable bonds is 3. The lowest BCUT2D eigenvalue weighted by molar-refractivity contribution is 0.101. The van der Waals surface area contributed by atoms with Crippen LogP contribution in [0.5, 0.6) is 5.75 Å². The molecule has 0 amide bonds. The molecule has 0 radical (unpaired) electrons. The Hall–Kier alpha value is -1.45. The summed E-state index contributed by atoms with van der Waals surface area (Å²) in [5.74, 6) is -2.79. The van der Waals surface area contributed by atoms with E-state index in [0.717, 1.165) is 6.07 Å². The van der Waals surface area contributed by atoms with Crippen molar-refractivity contribution in [3.63, 3.8) is 0 Å². The van der Waals surface area contributed by atoms with E-state index >= 15 is 0 Å². The third-order valence-electron chi connectivity index (χ3n) is 1.72. The molecule has 0 saturated carbocycles. The zero-order valence-electron chi connectivity index (χ0n) is 7.93. The minimum absolute atomic E-state index is 0.0609. The summed E-state index contributed by atoms with van der Waals surface area (Å²) in [6.45, 7) is 3.09. The van der Waals surface area contributed by atoms with Crippen molar-refractivity contribution < 1.29 is 18.3 Å². The maximum atomic E-state index is 13.2. The summed E-state index contributed by atoms with van der Waals surface area (Å²) < 4.78 is 30.8. The van der Waals surface area contributed by atoms with Gasteiger partial charge in [0.05, 0.1) is 12.2 Å². The van der Waals surface area contributed by atoms with Gasteiger partial charge < -0.3 is 4.74 Å². The summed E-state index contributed by atoms with van der Waals surface area (Å²) in [7, 11) is 0. The molecule has 0 atom stereocenters. The molecule has 0 bridgehead atoms. The molecule has 0 aliphatic heterocycles. The van der Waals surface area contributed by atoms with E-state index in [-0.39, 0.29) is 23.7 Å². The van der Waals surface area contributed by atoms with Crippen LogP contribution in [-0.4, -0.2) is 12.4 Å². The van der Waals surface area contributed by atoms with Gasteiger partial charge in [-0.3, -0.25) is 4.79 Å². The van der Waals surface area contributed by atoms with Gasteiger partial charge >= 0.3 is 0 Å². The maximum absolute atomic E-state index is 13.2. The first-order chi connectivity index (χ1) is 6.57. The van der Waals surface area contributed by atoms with E-state index in [9.17, 15) is 13.6 Å². The first-order valence-corrected chi connectivity index (χ1v) is 4.19. The average Bonchev–Trinajstić information content (AvgIpc) is 2.13. The Balaban J connectivity index is 3.29. The average molecular weight is 200 g/mol. The Bertz CT molecular complexity index is 361. The topological polar surface area (TPSA) is 26.3 Å². The molecule has 0 unspecified atom stereocenters. The number of hydrogen-bond donors (Lipinski definition) is 0. The van der Waals surface area contributed by atoms with Crippen molar-refractivity contribution >= 4 is 5.78 Å². The summed E-state index contributed by atoms with van der Waals surface area (Å²) >= 11 is 0. The van der Waals surface area contributed by atoms with Crippen LogP contribution in [0.15, 0.2) is 12.1 Å². The second-order valence-corrected chi connectivity index (χ2v) is 2.73. The molecular formula is C10H10F2O2. The number of carbonyl (C=O) groups excluding carboxylic acids is 1. The Kier molecular flexibility index (Phi) is 3.17. The molecular weight excluding hydrogens is 190 g/mol. The van der Waals surface area contributed by atoms with Gasteiger partial charge in [0.1, 0.15) is 0 Å². The molecule has 0 saturated heterocycles. The van der Waals surface area contributed by atoms with Crippen LogP contribution in [-0.2, 0) is 0 Å². The summed E-state index contributed by atoms with van der Waals surface area (Å²) in [5.41, 5.74) is 0.0609. The van der Waals surface area contributed by atoms with Crippen LogP contribution in [0.3, 0.4) is 0 Å². The smallest absolute Gasteiger partial charge is 0.201 e. The predicted octanol–water partition coefficient (Wildman–Crippen LogP) is 2.57. The van der Waals surface area contributed by atoms with Crippen LogP contribution in [0.4, 0.5) is 8.78 Å². The van der Waals surface area contributed by atoms with Crippen LogP contribution in [0.2, 0.25) is 0 Å². The van der Waals surface area contributed by atoms with Crippen molar-refractivity contribution in [3.8, 4) is 5.75 Å². The number of ketones is 1. The van der Waals surface area contributed by atoms with Gasteiger partial charge in [-0.2, -0.15) is 4.39 Å². The van der Waals surface area contributed by atoms with Crippen LogP contribution < -0.4 is 4.74 Å². The standard InChI is InChI=1S/C10H10F2O2/c1-3-14-10-7(6(2)13)4-5-8(11)9(10)12/h4-5H,3H2,1-2H3. The second-order valence-electron chi connectivity index (χ2n) is 2.73. The third kappa shape index (κ3) is 1.89. The zero-order valence-corrected chi connectivity index (χ0v) is 7.93. The van der Waals surface area contributed by atoms with E-state index < -0.39 is 11.6 Å². The van der Waals surface area contributed by atoms with Gasteiger partial charge in [0.2, 0.25) is 5.82 Å². The van der Waals surface area contributed by atoms with Crippen molar-refractivity contribution in [2.24, 2.45) is 0 Å². The van der Waals surface area contributed by atoms with Crippen molar-refractivity contribution in [1.82, 2.24) is 0 Å². The van der Waals surface area contributed by atoms with E-state index in [0.29, 0.717) is 0 Å². The molecule has 76 valence electrons. The predicted molar refractivity (Wildman–Crippen MR) is 47.5 cm³/mol. The Labute approximate surface area is 80.5 Å². The summed E-state index contributed by atoms with van der Waals surface area (Å²) in [6, 6.07) is 2.13. The van der Waals surface area contributed by atoms with Crippen molar-refractivity contribution in [2.45, 2.75) is 13.8 Å². The Morgan fingerprint density at radius 2 is 2.07 bits per heavy atom. The molecule has 0 aromatic heterocycles. The number of Topliss-reactive ketones (excluding diaryl/α,β-unsaturated/α-hetero) is 1. The first kappa shape index (κ1) is 10.6. The molecule has 0 aliphatic rings. The molecule has 1 aromatic rings. The molecule has 0 N–H and O–H groups in total. The monoisotopic (exact) mass is 200 g/mol. The highest BCUT2D eigenvalue weighted by Crippen LogP contribution is 2.25. The number of hydrogen-bond acceptors (Lipinski definition) is 2. The molecule has 4 heteroatoms. The SMILES string of the molecule is CCOc1c(C(C)=O)ccc(F)c1F. The molecule has 14 heavy (non-hydrogen) atoms. The van der Waals surface area contributed by atoms with Crippen molar-refractivity contribution in [2.75, 3.05) is 6.61 Å². The van der Waals surface area contributed by atoms with Gasteiger partial charge in [-0.1, -0.05) is 0 Å². The molecule has 0 fully saturated rings. The normalized spacial score (nSPS) is 10.0. The molecule has 0 spiro atoms. The molecule has 2 nitrogen and oxygen atoms in total. The molecule has 1 rings (SSSR count). The summed E-state index contributed by atoms with van der Waals surface area (Å²) in [6.07, 6.45) is 0. The number of carbonyl (C=O) groups is 1. The lowest BCUT2D eigenvalue weighted by Crippen LogP contribution is -2.04. The number of ether oxygens (including phenoxy) is 1. The minimum Gasteiger partial charge on any atom is -0.490 e. The van der Waals surface area contributed by atoms with Crippen LogP contribution in [0.25, 0.3) is 0 Å². The van der Waals surface area contributed by atoms with E-state index in [2.05, 4.69) is 0 Å². The largest absolute Gasteiger partial charge is 0.490 e. The quantitative estimate of drug-likeness (QED) is 0.701. The highest BCUT2D eigenvalue weighted by atomic mass is 19.2. The summed E-state index contributed by atoms with van der Waals surface area (Å²) in [5, 5.41) is 0. The van der Waals surface area contributed by atoms with Gasteiger partial charge in [0, 0.05) is 0 Å². The van der Waals surface area contributed by atoms with Crippen LogP contribution in [0, 0.1) is 11.6 Å². The van der Waals surface area contributed by atoms with E-state index in [1.165, 1.54) is 13.0 Å². The van der Waals surface area contributed by atoms with Crippen LogP contribution in [0.1, 0.15) is 24.2 Å². The number of halogens is 2. The number of benzene rings is 1. The lowest BCUT2D eigenvalue weighted by Gasteiger charge is -2.08. The Morgan fingerprint density at radius 3 is 2.57 bits per heavy atom. The minimum atomic E-state index is -1.11. The summed E-state index contributed by atoms with van der Waals surface area (Å²) in [4.78, 5) is 11.0. The van der Waals surface area contributed by atoms with Crippen LogP contribution >= 0.6 is 0 Å². The van der Waals surface area contributed by atoms with Gasteiger partial charge in [-0.25, -0.2) is 4.39 Å². The van der Waals surface area contributed by atoms with Crippen molar-refractivity contribution in [3.05, 3.63) is 29.3 Å². The lowest BCUT2D eigenvalue weighted by atomic mass is 10.1. The first-order valence-electron chi connectivity index (χ1n) is 4.19. The fraction of sp³-hybridized carbons (Fsp3) is 0.300. The van der Waals surface area contributed by atoms with Gasteiger partial charge in [-0.05, 0) is 26.0 Å². The van der Waals surface area contributed by atoms with Gasteiger partial charge in [0.25, 0.3) is 0 Å². The highest BCUT2D eigenvalue weighted by Gasteiger charge is 2.17. The highest BCUT2D eigenvalue weighted by molar-refractivity contribution is 5.96. The second kappa shape index (κ2) is 4.17. The zero-order chi connectivity index (χ0) is 10.7. The van der Waals surface area contributed by atoms with E-state index in [4.69, 9.17) is 4.74 Å². The van der Waals surface area contributed by atoms with E-state index in [1.807, 2.05) is 0 Å². The molecule has 0 heterocycles. The van der Waals surface area contributed by atoms with Gasteiger partial charge in [-0.15, -0.1) is 0 Å². The molecule has 1 aromatic carbocycles. The Morgan fingerprint density at radius 1 is 1.43 bits per heavy atom. The molecule has 0 aliphatic carbocycles.